The molecule has 0 saturated heterocycles. The lowest BCUT2D eigenvalue weighted by Gasteiger charge is -2.17. The molecule has 1 nitrogen and oxygen atoms in total. The molecule has 0 spiro atoms. The van der Waals surface area contributed by atoms with Crippen molar-refractivity contribution in [2.75, 3.05) is 0 Å². The molecule has 0 radical (unpaired) electrons. The van der Waals surface area contributed by atoms with E-state index in [1.54, 1.807) is 11.3 Å². The number of fused-ring (bicyclic) bond motifs is 1. The zero-order valence-electron chi connectivity index (χ0n) is 11.3. The molecule has 3 heteroatoms. The minimum absolute atomic E-state index is 0.371. The second-order valence-electron chi connectivity index (χ2n) is 5.07. The van der Waals surface area contributed by atoms with Gasteiger partial charge in [-0.3, -0.25) is 0 Å². The molecular weight excluding hydrogens is 330 g/mol. The number of rotatable bonds is 4. The molecule has 0 fully saturated rings. The Hall–Kier alpha value is -1.19. The minimum atomic E-state index is 0.371. The number of nitrogens with zero attached hydrogens (tertiary/aromatic N) is 1. The Morgan fingerprint density at radius 3 is 2.50 bits per heavy atom. The smallest absolute Gasteiger partial charge is 0.0941 e. The summed E-state index contributed by atoms with van der Waals surface area (Å²) in [6.45, 7) is 2.28. The highest BCUT2D eigenvalue weighted by Gasteiger charge is 2.18. The van der Waals surface area contributed by atoms with Gasteiger partial charge in [-0.2, -0.15) is 0 Å². The van der Waals surface area contributed by atoms with Crippen LogP contribution >= 0.6 is 27.3 Å². The van der Waals surface area contributed by atoms with Gasteiger partial charge in [0, 0.05) is 11.2 Å². The zero-order chi connectivity index (χ0) is 13.9. The van der Waals surface area contributed by atoms with Gasteiger partial charge in [-0.1, -0.05) is 65.3 Å². The van der Waals surface area contributed by atoms with Crippen LogP contribution in [-0.2, 0) is 6.42 Å². The number of thiazole rings is 1. The predicted molar refractivity (Wildman–Crippen MR) is 90.6 cm³/mol. The predicted octanol–water partition coefficient (Wildman–Crippen LogP) is 5.61. The lowest BCUT2D eigenvalue weighted by atomic mass is 9.98. The van der Waals surface area contributed by atoms with Gasteiger partial charge in [-0.15, -0.1) is 11.3 Å². The molecule has 0 aliphatic rings. The summed E-state index contributed by atoms with van der Waals surface area (Å²) in [6, 6.07) is 18.9. The van der Waals surface area contributed by atoms with Crippen LogP contribution < -0.4 is 0 Å². The second kappa shape index (κ2) is 6.06. The molecule has 0 bridgehead atoms. The number of aromatic nitrogens is 1. The molecular formula is C17H16BrNS. The van der Waals surface area contributed by atoms with E-state index in [0.29, 0.717) is 10.7 Å². The third-order valence-electron chi connectivity index (χ3n) is 3.45. The van der Waals surface area contributed by atoms with Gasteiger partial charge in [0.05, 0.1) is 15.2 Å². The minimum Gasteiger partial charge on any atom is -0.241 e. The van der Waals surface area contributed by atoms with Crippen molar-refractivity contribution in [2.45, 2.75) is 18.2 Å². The van der Waals surface area contributed by atoms with E-state index in [-0.39, 0.29) is 0 Å². The largest absolute Gasteiger partial charge is 0.241 e. The van der Waals surface area contributed by atoms with Gasteiger partial charge < -0.3 is 0 Å². The summed E-state index contributed by atoms with van der Waals surface area (Å²) in [5.74, 6) is 0.512. The van der Waals surface area contributed by atoms with Crippen LogP contribution in [-0.4, -0.2) is 4.98 Å². The maximum atomic E-state index is 4.73. The molecule has 1 heterocycles. The summed E-state index contributed by atoms with van der Waals surface area (Å²) in [7, 11) is 0. The summed E-state index contributed by atoms with van der Waals surface area (Å²) in [5.41, 5.74) is 2.45. The van der Waals surface area contributed by atoms with Crippen LogP contribution in [0, 0.1) is 5.92 Å². The number of halogens is 1. The van der Waals surface area contributed by atoms with Crippen LogP contribution in [0.5, 0.6) is 0 Å². The number of hydrogen-bond acceptors (Lipinski definition) is 2. The summed E-state index contributed by atoms with van der Waals surface area (Å²) in [4.78, 5) is 5.10. The SMILES string of the molecule is CC(Cc1nc2ccccc2s1)C(Br)c1ccccc1. The highest BCUT2D eigenvalue weighted by atomic mass is 79.9. The normalized spacial score (nSPS) is 14.3. The van der Waals surface area contributed by atoms with Crippen molar-refractivity contribution < 1.29 is 0 Å². The van der Waals surface area contributed by atoms with Gasteiger partial charge >= 0.3 is 0 Å². The van der Waals surface area contributed by atoms with Crippen LogP contribution in [0.1, 0.15) is 22.3 Å². The maximum Gasteiger partial charge on any atom is 0.0941 e. The first-order valence-corrected chi connectivity index (χ1v) is 8.51. The molecule has 3 aromatic rings. The van der Waals surface area contributed by atoms with Crippen LogP contribution in [0.15, 0.2) is 54.6 Å². The molecule has 2 aromatic carbocycles. The van der Waals surface area contributed by atoms with Crippen molar-refractivity contribution in [1.29, 1.82) is 0 Å². The molecule has 2 atom stereocenters. The van der Waals surface area contributed by atoms with Crippen LogP contribution in [0.2, 0.25) is 0 Å². The first-order chi connectivity index (χ1) is 9.74. The second-order valence-corrected chi connectivity index (χ2v) is 7.17. The fourth-order valence-electron chi connectivity index (χ4n) is 2.35. The summed E-state index contributed by atoms with van der Waals surface area (Å²) < 4.78 is 1.28. The van der Waals surface area contributed by atoms with E-state index in [1.807, 2.05) is 6.07 Å². The van der Waals surface area contributed by atoms with Gasteiger partial charge in [0.1, 0.15) is 0 Å². The summed E-state index contributed by atoms with van der Waals surface area (Å²) >= 11 is 5.64. The van der Waals surface area contributed by atoms with Gasteiger partial charge in [0.15, 0.2) is 0 Å². The zero-order valence-corrected chi connectivity index (χ0v) is 13.7. The third-order valence-corrected chi connectivity index (χ3v) is 5.94. The molecule has 0 aliphatic carbocycles. The monoisotopic (exact) mass is 345 g/mol. The van der Waals surface area contributed by atoms with E-state index < -0.39 is 0 Å². The Balaban J connectivity index is 1.76. The Kier molecular flexibility index (Phi) is 4.18. The van der Waals surface area contributed by atoms with Gasteiger partial charge in [0.25, 0.3) is 0 Å². The summed E-state index contributed by atoms with van der Waals surface area (Å²) in [5, 5.41) is 1.22. The number of hydrogen-bond donors (Lipinski definition) is 0. The average Bonchev–Trinajstić information content (AvgIpc) is 2.89. The van der Waals surface area contributed by atoms with Crippen LogP contribution in [0.4, 0.5) is 0 Å². The molecule has 0 N–H and O–H groups in total. The third kappa shape index (κ3) is 2.94. The van der Waals surface area contributed by atoms with Crippen molar-refractivity contribution in [2.24, 2.45) is 5.92 Å². The Bertz CT molecular complexity index is 659. The molecule has 1 aromatic heterocycles. The van der Waals surface area contributed by atoms with Gasteiger partial charge in [0.2, 0.25) is 0 Å². The molecule has 0 amide bonds. The van der Waals surface area contributed by atoms with E-state index in [2.05, 4.69) is 71.4 Å². The molecule has 0 aliphatic heterocycles. The van der Waals surface area contributed by atoms with Gasteiger partial charge in [-0.25, -0.2) is 4.98 Å². The lowest BCUT2D eigenvalue weighted by Crippen LogP contribution is -2.06. The van der Waals surface area contributed by atoms with E-state index >= 15 is 0 Å². The van der Waals surface area contributed by atoms with Crippen LogP contribution in [0.3, 0.4) is 0 Å². The van der Waals surface area contributed by atoms with Crippen molar-refractivity contribution in [1.82, 2.24) is 4.98 Å². The first kappa shape index (κ1) is 13.8. The van der Waals surface area contributed by atoms with Crippen molar-refractivity contribution >= 4 is 37.5 Å². The number of alkyl halides is 1. The molecule has 20 heavy (non-hydrogen) atoms. The summed E-state index contributed by atoms with van der Waals surface area (Å²) in [6.07, 6.45) is 1.00. The maximum absolute atomic E-state index is 4.73. The number of para-hydroxylation sites is 1. The molecule has 0 saturated carbocycles. The lowest BCUT2D eigenvalue weighted by molar-refractivity contribution is 0.571. The topological polar surface area (TPSA) is 12.9 Å². The Morgan fingerprint density at radius 1 is 1.05 bits per heavy atom. The Morgan fingerprint density at radius 2 is 1.75 bits per heavy atom. The quantitative estimate of drug-likeness (QED) is 0.560. The van der Waals surface area contributed by atoms with E-state index in [4.69, 9.17) is 4.98 Å². The fraction of sp³-hybridized carbons (Fsp3) is 0.235. The van der Waals surface area contributed by atoms with E-state index in [0.717, 1.165) is 11.9 Å². The molecule has 3 rings (SSSR count). The average molecular weight is 346 g/mol. The first-order valence-electron chi connectivity index (χ1n) is 6.77. The molecule has 102 valence electrons. The standard InChI is InChI=1S/C17H16BrNS/c1-12(17(18)13-7-3-2-4-8-13)11-16-19-14-9-5-6-10-15(14)20-16/h2-10,12,17H,11H2,1H3. The number of benzene rings is 2. The fourth-order valence-corrected chi connectivity index (χ4v) is 3.95. The van der Waals surface area contributed by atoms with E-state index in [1.165, 1.54) is 15.3 Å². The van der Waals surface area contributed by atoms with Crippen molar-refractivity contribution in [3.05, 3.63) is 65.2 Å². The van der Waals surface area contributed by atoms with Crippen LogP contribution in [0.25, 0.3) is 10.2 Å². The Labute approximate surface area is 131 Å². The van der Waals surface area contributed by atoms with Crippen molar-refractivity contribution in [3.8, 4) is 0 Å². The van der Waals surface area contributed by atoms with E-state index in [9.17, 15) is 0 Å². The highest BCUT2D eigenvalue weighted by molar-refractivity contribution is 9.09. The highest BCUT2D eigenvalue weighted by Crippen LogP contribution is 2.34. The van der Waals surface area contributed by atoms with Crippen molar-refractivity contribution in [3.63, 3.8) is 0 Å². The van der Waals surface area contributed by atoms with Gasteiger partial charge in [-0.05, 0) is 23.6 Å². The molecule has 2 unspecified atom stereocenters.